The molecule has 0 spiro atoms. The van der Waals surface area contributed by atoms with Gasteiger partial charge in [-0.2, -0.15) is 0 Å². The molecule has 70 valence electrons. The first-order valence-electron chi connectivity index (χ1n) is 4.63. The molecule has 0 aliphatic carbocycles. The SMILES string of the molecule is O=C(CBr)CCN1CCCCC1. The van der Waals surface area contributed by atoms with Crippen molar-refractivity contribution in [2.24, 2.45) is 0 Å². The summed E-state index contributed by atoms with van der Waals surface area (Å²) >= 11 is 3.17. The number of piperidine rings is 1. The Hall–Kier alpha value is 0.110. The molecule has 1 fully saturated rings. The number of carbonyl (C=O) groups excluding carboxylic acids is 1. The van der Waals surface area contributed by atoms with Crippen molar-refractivity contribution >= 4 is 21.7 Å². The summed E-state index contributed by atoms with van der Waals surface area (Å²) in [5.74, 6) is 0.320. The number of carbonyl (C=O) groups is 1. The molecule has 0 bridgehead atoms. The Bertz CT molecular complexity index is 143. The van der Waals surface area contributed by atoms with Gasteiger partial charge in [-0.3, -0.25) is 4.79 Å². The molecule has 1 heterocycles. The summed E-state index contributed by atoms with van der Waals surface area (Å²) in [5, 5.41) is 0.515. The van der Waals surface area contributed by atoms with Gasteiger partial charge in [0.2, 0.25) is 0 Å². The van der Waals surface area contributed by atoms with Gasteiger partial charge in [-0.15, -0.1) is 0 Å². The van der Waals surface area contributed by atoms with Gasteiger partial charge in [0.25, 0.3) is 0 Å². The summed E-state index contributed by atoms with van der Waals surface area (Å²) < 4.78 is 0. The molecule has 12 heavy (non-hydrogen) atoms. The van der Waals surface area contributed by atoms with Gasteiger partial charge in [0.05, 0.1) is 5.33 Å². The third-order valence-corrected chi connectivity index (χ3v) is 2.93. The van der Waals surface area contributed by atoms with E-state index in [-0.39, 0.29) is 0 Å². The van der Waals surface area contributed by atoms with E-state index in [2.05, 4.69) is 20.8 Å². The predicted molar refractivity (Wildman–Crippen MR) is 53.7 cm³/mol. The highest BCUT2D eigenvalue weighted by atomic mass is 79.9. The average Bonchev–Trinajstić information content (AvgIpc) is 2.16. The maximum atomic E-state index is 11.0. The van der Waals surface area contributed by atoms with Crippen LogP contribution in [0.25, 0.3) is 0 Å². The second kappa shape index (κ2) is 5.70. The molecule has 3 heteroatoms. The van der Waals surface area contributed by atoms with Crippen molar-refractivity contribution in [3.05, 3.63) is 0 Å². The van der Waals surface area contributed by atoms with Gasteiger partial charge in [-0.25, -0.2) is 0 Å². The Labute approximate surface area is 82.4 Å². The molecule has 1 aliphatic heterocycles. The van der Waals surface area contributed by atoms with Crippen LogP contribution < -0.4 is 0 Å². The zero-order chi connectivity index (χ0) is 8.81. The molecule has 0 radical (unpaired) electrons. The average molecular weight is 234 g/mol. The van der Waals surface area contributed by atoms with Gasteiger partial charge < -0.3 is 4.90 Å². The summed E-state index contributed by atoms with van der Waals surface area (Å²) in [6, 6.07) is 0. The highest BCUT2D eigenvalue weighted by molar-refractivity contribution is 9.09. The molecule has 1 saturated heterocycles. The van der Waals surface area contributed by atoms with E-state index in [1.54, 1.807) is 0 Å². The highest BCUT2D eigenvalue weighted by Crippen LogP contribution is 2.08. The van der Waals surface area contributed by atoms with Crippen LogP contribution in [0.5, 0.6) is 0 Å². The van der Waals surface area contributed by atoms with Gasteiger partial charge in [-0.05, 0) is 25.9 Å². The Morgan fingerprint density at radius 1 is 1.25 bits per heavy atom. The van der Waals surface area contributed by atoms with E-state index in [0.717, 1.165) is 6.54 Å². The van der Waals surface area contributed by atoms with E-state index in [4.69, 9.17) is 0 Å². The van der Waals surface area contributed by atoms with Crippen LogP contribution in [0.2, 0.25) is 0 Å². The molecular formula is C9H16BrNO. The lowest BCUT2D eigenvalue weighted by atomic mass is 10.1. The minimum Gasteiger partial charge on any atom is -0.303 e. The second-order valence-corrected chi connectivity index (χ2v) is 3.89. The molecule has 0 aromatic carbocycles. The highest BCUT2D eigenvalue weighted by Gasteiger charge is 2.10. The third kappa shape index (κ3) is 3.68. The number of hydrogen-bond acceptors (Lipinski definition) is 2. The van der Waals surface area contributed by atoms with Crippen LogP contribution in [0.15, 0.2) is 0 Å². The van der Waals surface area contributed by atoms with Crippen molar-refractivity contribution in [1.82, 2.24) is 4.90 Å². The van der Waals surface area contributed by atoms with Crippen LogP contribution in [0.3, 0.4) is 0 Å². The first-order chi connectivity index (χ1) is 5.83. The fourth-order valence-corrected chi connectivity index (χ4v) is 1.81. The van der Waals surface area contributed by atoms with Crippen LogP contribution in [-0.2, 0) is 4.79 Å². The number of nitrogens with zero attached hydrogens (tertiary/aromatic N) is 1. The first kappa shape index (κ1) is 10.2. The smallest absolute Gasteiger partial charge is 0.144 e. The summed E-state index contributed by atoms with van der Waals surface area (Å²) in [4.78, 5) is 13.4. The van der Waals surface area contributed by atoms with Crippen molar-refractivity contribution in [3.63, 3.8) is 0 Å². The molecule has 0 unspecified atom stereocenters. The number of halogens is 1. The Morgan fingerprint density at radius 3 is 2.50 bits per heavy atom. The molecule has 1 aliphatic rings. The van der Waals surface area contributed by atoms with Crippen LogP contribution in [0.4, 0.5) is 0 Å². The van der Waals surface area contributed by atoms with E-state index in [1.165, 1.54) is 32.4 Å². The molecule has 2 nitrogen and oxygen atoms in total. The summed E-state index contributed by atoms with van der Waals surface area (Å²) in [5.41, 5.74) is 0. The van der Waals surface area contributed by atoms with Crippen LogP contribution in [-0.4, -0.2) is 35.6 Å². The number of Topliss-reactive ketones (excluding diaryl/α,β-unsaturated/α-hetero) is 1. The van der Waals surface area contributed by atoms with Crippen LogP contribution >= 0.6 is 15.9 Å². The van der Waals surface area contributed by atoms with Crippen LogP contribution in [0, 0.1) is 0 Å². The quantitative estimate of drug-likeness (QED) is 0.691. The molecule has 0 atom stereocenters. The molecule has 0 aromatic heterocycles. The molecule has 0 aromatic rings. The number of rotatable bonds is 4. The predicted octanol–water partition coefficient (Wildman–Crippen LogP) is 1.83. The number of likely N-dealkylation sites (tertiary alicyclic amines) is 1. The molecule has 0 amide bonds. The monoisotopic (exact) mass is 233 g/mol. The van der Waals surface area contributed by atoms with Gasteiger partial charge in [0.1, 0.15) is 5.78 Å². The van der Waals surface area contributed by atoms with Gasteiger partial charge in [-0.1, -0.05) is 22.4 Å². The number of alkyl halides is 1. The Balaban J connectivity index is 2.09. The van der Waals surface area contributed by atoms with E-state index in [1.807, 2.05) is 0 Å². The summed E-state index contributed by atoms with van der Waals surface area (Å²) in [6.07, 6.45) is 4.69. The fraction of sp³-hybridized carbons (Fsp3) is 0.889. The number of ketones is 1. The second-order valence-electron chi connectivity index (χ2n) is 3.32. The van der Waals surface area contributed by atoms with E-state index < -0.39 is 0 Å². The van der Waals surface area contributed by atoms with E-state index >= 15 is 0 Å². The number of hydrogen-bond donors (Lipinski definition) is 0. The largest absolute Gasteiger partial charge is 0.303 e. The minimum absolute atomic E-state index is 0.320. The topological polar surface area (TPSA) is 20.3 Å². The van der Waals surface area contributed by atoms with Crippen molar-refractivity contribution in [2.75, 3.05) is 25.0 Å². The summed E-state index contributed by atoms with van der Waals surface area (Å²) in [7, 11) is 0. The van der Waals surface area contributed by atoms with Crippen molar-refractivity contribution in [3.8, 4) is 0 Å². The zero-order valence-corrected chi connectivity index (χ0v) is 8.98. The Kier molecular flexibility index (Phi) is 4.84. The fourth-order valence-electron chi connectivity index (χ4n) is 1.53. The molecule has 1 rings (SSSR count). The van der Waals surface area contributed by atoms with Crippen molar-refractivity contribution in [1.29, 1.82) is 0 Å². The van der Waals surface area contributed by atoms with Gasteiger partial charge >= 0.3 is 0 Å². The van der Waals surface area contributed by atoms with Crippen LogP contribution in [0.1, 0.15) is 25.7 Å². The molecule has 0 saturated carbocycles. The Morgan fingerprint density at radius 2 is 1.92 bits per heavy atom. The minimum atomic E-state index is 0.320. The maximum absolute atomic E-state index is 11.0. The lowest BCUT2D eigenvalue weighted by molar-refractivity contribution is -0.116. The van der Waals surface area contributed by atoms with E-state index in [0.29, 0.717) is 17.5 Å². The van der Waals surface area contributed by atoms with E-state index in [9.17, 15) is 4.79 Å². The van der Waals surface area contributed by atoms with Gasteiger partial charge in [0.15, 0.2) is 0 Å². The lowest BCUT2D eigenvalue weighted by Gasteiger charge is -2.25. The van der Waals surface area contributed by atoms with Crippen molar-refractivity contribution in [2.45, 2.75) is 25.7 Å². The van der Waals surface area contributed by atoms with Crippen molar-refractivity contribution < 1.29 is 4.79 Å². The summed E-state index contributed by atoms with van der Waals surface area (Å²) in [6.45, 7) is 3.34. The standard InChI is InChI=1S/C9H16BrNO/c10-8-9(12)4-7-11-5-2-1-3-6-11/h1-8H2. The third-order valence-electron chi connectivity index (χ3n) is 2.30. The molecular weight excluding hydrogens is 218 g/mol. The molecule has 0 N–H and O–H groups in total. The normalized spacial score (nSPS) is 19.4. The zero-order valence-electron chi connectivity index (χ0n) is 7.39. The van der Waals surface area contributed by atoms with Gasteiger partial charge in [0, 0.05) is 13.0 Å². The lowest BCUT2D eigenvalue weighted by Crippen LogP contribution is -2.31. The maximum Gasteiger partial charge on any atom is 0.144 e. The first-order valence-corrected chi connectivity index (χ1v) is 5.75.